The zero-order valence-electron chi connectivity index (χ0n) is 14.7. The molecule has 6 heteroatoms. The molecule has 2 rings (SSSR count). The number of carbonyl (C=O) groups is 2. The van der Waals surface area contributed by atoms with E-state index in [2.05, 4.69) is 10.6 Å². The molecule has 132 valence electrons. The lowest BCUT2D eigenvalue weighted by Crippen LogP contribution is -2.34. The predicted octanol–water partition coefficient (Wildman–Crippen LogP) is 3.50. The van der Waals surface area contributed by atoms with Gasteiger partial charge in [0.2, 0.25) is 5.91 Å². The Morgan fingerprint density at radius 2 is 1.80 bits per heavy atom. The van der Waals surface area contributed by atoms with Gasteiger partial charge in [0, 0.05) is 25.3 Å². The number of hydrogen-bond acceptors (Lipinski definition) is 3. The maximum Gasteiger partial charge on any atom is 0.321 e. The quantitative estimate of drug-likeness (QED) is 0.845. The average Bonchev–Trinajstić information content (AvgIpc) is 2.58. The fraction of sp³-hybridized carbons (Fsp3) is 0.263. The third-order valence-electron chi connectivity index (χ3n) is 3.58. The Bertz CT molecular complexity index is 732. The van der Waals surface area contributed by atoms with Gasteiger partial charge in [-0.15, -0.1) is 0 Å². The van der Waals surface area contributed by atoms with E-state index in [1.807, 2.05) is 43.3 Å². The molecule has 25 heavy (non-hydrogen) atoms. The maximum absolute atomic E-state index is 12.3. The molecular formula is C19H23N3O3. The third-order valence-corrected chi connectivity index (χ3v) is 3.58. The summed E-state index contributed by atoms with van der Waals surface area (Å²) in [5, 5.41) is 5.56. The first-order valence-electron chi connectivity index (χ1n) is 8.04. The van der Waals surface area contributed by atoms with Crippen molar-refractivity contribution in [2.75, 3.05) is 30.8 Å². The molecule has 0 aromatic heterocycles. The SMILES string of the molecule is CC(=O)Nc1ccc(C)c(NC(=O)N(C)CCOc2ccccc2)c1. The highest BCUT2D eigenvalue weighted by atomic mass is 16.5. The summed E-state index contributed by atoms with van der Waals surface area (Å²) in [5.41, 5.74) is 2.21. The summed E-state index contributed by atoms with van der Waals surface area (Å²) < 4.78 is 5.59. The van der Waals surface area contributed by atoms with E-state index in [0.29, 0.717) is 24.5 Å². The van der Waals surface area contributed by atoms with E-state index in [1.54, 1.807) is 24.1 Å². The zero-order chi connectivity index (χ0) is 18.2. The van der Waals surface area contributed by atoms with Crippen molar-refractivity contribution in [2.24, 2.45) is 0 Å². The Labute approximate surface area is 147 Å². The number of carbonyl (C=O) groups excluding carboxylic acids is 2. The highest BCUT2D eigenvalue weighted by molar-refractivity contribution is 5.93. The molecular weight excluding hydrogens is 318 g/mol. The summed E-state index contributed by atoms with van der Waals surface area (Å²) in [6.07, 6.45) is 0. The average molecular weight is 341 g/mol. The van der Waals surface area contributed by atoms with Crippen LogP contribution in [0.15, 0.2) is 48.5 Å². The topological polar surface area (TPSA) is 70.7 Å². The minimum atomic E-state index is -0.236. The maximum atomic E-state index is 12.3. The second-order valence-electron chi connectivity index (χ2n) is 5.72. The molecule has 6 nitrogen and oxygen atoms in total. The van der Waals surface area contributed by atoms with Crippen LogP contribution in [0.1, 0.15) is 12.5 Å². The Kier molecular flexibility index (Phi) is 6.39. The minimum absolute atomic E-state index is 0.156. The van der Waals surface area contributed by atoms with Gasteiger partial charge in [-0.3, -0.25) is 4.79 Å². The van der Waals surface area contributed by atoms with Crippen molar-refractivity contribution in [3.63, 3.8) is 0 Å². The second kappa shape index (κ2) is 8.73. The first kappa shape index (κ1) is 18.3. The van der Waals surface area contributed by atoms with Gasteiger partial charge >= 0.3 is 6.03 Å². The van der Waals surface area contributed by atoms with Gasteiger partial charge in [-0.1, -0.05) is 24.3 Å². The van der Waals surface area contributed by atoms with Crippen molar-refractivity contribution in [2.45, 2.75) is 13.8 Å². The second-order valence-corrected chi connectivity index (χ2v) is 5.72. The van der Waals surface area contributed by atoms with Gasteiger partial charge in [-0.2, -0.15) is 0 Å². The molecule has 0 saturated heterocycles. The molecule has 0 atom stereocenters. The summed E-state index contributed by atoms with van der Waals surface area (Å²) in [4.78, 5) is 25.0. The van der Waals surface area contributed by atoms with Gasteiger partial charge in [0.05, 0.1) is 6.54 Å². The lowest BCUT2D eigenvalue weighted by atomic mass is 10.2. The largest absolute Gasteiger partial charge is 0.492 e. The number of urea groups is 1. The van der Waals surface area contributed by atoms with E-state index in [-0.39, 0.29) is 11.9 Å². The number of aryl methyl sites for hydroxylation is 1. The van der Waals surface area contributed by atoms with Crippen LogP contribution in [-0.4, -0.2) is 37.0 Å². The molecule has 0 aliphatic rings. The molecule has 0 aliphatic heterocycles. The molecule has 2 N–H and O–H groups in total. The molecule has 3 amide bonds. The van der Waals surface area contributed by atoms with E-state index in [0.717, 1.165) is 11.3 Å². The smallest absolute Gasteiger partial charge is 0.321 e. The van der Waals surface area contributed by atoms with Crippen molar-refractivity contribution in [1.29, 1.82) is 0 Å². The highest BCUT2D eigenvalue weighted by Gasteiger charge is 2.11. The summed E-state index contributed by atoms with van der Waals surface area (Å²) in [5.74, 6) is 0.617. The van der Waals surface area contributed by atoms with Gasteiger partial charge in [-0.05, 0) is 36.8 Å². The number of hydrogen-bond donors (Lipinski definition) is 2. The molecule has 0 saturated carbocycles. The van der Waals surface area contributed by atoms with Crippen molar-refractivity contribution in [1.82, 2.24) is 4.90 Å². The Balaban J connectivity index is 1.88. The molecule has 2 aromatic rings. The first-order chi connectivity index (χ1) is 12.0. The molecule has 0 unspecified atom stereocenters. The summed E-state index contributed by atoms with van der Waals surface area (Å²) in [6, 6.07) is 14.6. The molecule has 0 bridgehead atoms. The van der Waals surface area contributed by atoms with Gasteiger partial charge in [0.1, 0.15) is 12.4 Å². The van der Waals surface area contributed by atoms with Crippen LogP contribution in [0.5, 0.6) is 5.75 Å². The van der Waals surface area contributed by atoms with Gasteiger partial charge in [0.15, 0.2) is 0 Å². The number of anilines is 2. The normalized spacial score (nSPS) is 10.0. The van der Waals surface area contributed by atoms with Gasteiger partial charge in [-0.25, -0.2) is 4.79 Å². The van der Waals surface area contributed by atoms with Crippen molar-refractivity contribution in [3.8, 4) is 5.75 Å². The van der Waals surface area contributed by atoms with Gasteiger partial charge < -0.3 is 20.3 Å². The molecule has 0 radical (unpaired) electrons. The van der Waals surface area contributed by atoms with E-state index in [4.69, 9.17) is 4.74 Å². The van der Waals surface area contributed by atoms with Crippen molar-refractivity contribution < 1.29 is 14.3 Å². The number of benzene rings is 2. The van der Waals surface area contributed by atoms with E-state index in [1.165, 1.54) is 6.92 Å². The molecule has 2 aromatic carbocycles. The van der Waals surface area contributed by atoms with Gasteiger partial charge in [0.25, 0.3) is 0 Å². The van der Waals surface area contributed by atoms with E-state index in [9.17, 15) is 9.59 Å². The van der Waals surface area contributed by atoms with Crippen LogP contribution in [0.3, 0.4) is 0 Å². The van der Waals surface area contributed by atoms with Crippen LogP contribution >= 0.6 is 0 Å². The number of rotatable bonds is 6. The monoisotopic (exact) mass is 341 g/mol. The number of nitrogens with zero attached hydrogens (tertiary/aromatic N) is 1. The molecule has 0 fully saturated rings. The number of likely N-dealkylation sites (N-methyl/N-ethyl adjacent to an activating group) is 1. The minimum Gasteiger partial charge on any atom is -0.492 e. The lowest BCUT2D eigenvalue weighted by Gasteiger charge is -2.19. The van der Waals surface area contributed by atoms with E-state index >= 15 is 0 Å². The Morgan fingerprint density at radius 3 is 2.48 bits per heavy atom. The number of nitrogens with one attached hydrogen (secondary N) is 2. The van der Waals surface area contributed by atoms with Crippen LogP contribution in [0.2, 0.25) is 0 Å². The number of amides is 3. The lowest BCUT2D eigenvalue weighted by molar-refractivity contribution is -0.114. The number of para-hydroxylation sites is 1. The third kappa shape index (κ3) is 5.84. The molecule has 0 heterocycles. The first-order valence-corrected chi connectivity index (χ1v) is 8.04. The van der Waals surface area contributed by atoms with Crippen LogP contribution in [-0.2, 0) is 4.79 Å². The standard InChI is InChI=1S/C19H23N3O3/c1-14-9-10-16(20-15(2)23)13-18(14)21-19(24)22(3)11-12-25-17-7-5-4-6-8-17/h4-10,13H,11-12H2,1-3H3,(H,20,23)(H,21,24). The molecule has 0 spiro atoms. The Hall–Kier alpha value is -3.02. The fourth-order valence-electron chi connectivity index (χ4n) is 2.17. The summed E-state index contributed by atoms with van der Waals surface area (Å²) in [6.45, 7) is 4.19. The summed E-state index contributed by atoms with van der Waals surface area (Å²) >= 11 is 0. The highest BCUT2D eigenvalue weighted by Crippen LogP contribution is 2.20. The van der Waals surface area contributed by atoms with Crippen molar-refractivity contribution in [3.05, 3.63) is 54.1 Å². The number of ether oxygens (including phenoxy) is 1. The summed E-state index contributed by atoms with van der Waals surface area (Å²) in [7, 11) is 1.71. The fourth-order valence-corrected chi connectivity index (χ4v) is 2.17. The predicted molar refractivity (Wildman–Crippen MR) is 99.1 cm³/mol. The zero-order valence-corrected chi connectivity index (χ0v) is 14.7. The van der Waals surface area contributed by atoms with Crippen LogP contribution < -0.4 is 15.4 Å². The van der Waals surface area contributed by atoms with E-state index < -0.39 is 0 Å². The molecule has 0 aliphatic carbocycles. The van der Waals surface area contributed by atoms with Crippen LogP contribution in [0.4, 0.5) is 16.2 Å². The van der Waals surface area contributed by atoms with Crippen molar-refractivity contribution >= 4 is 23.3 Å². The van der Waals surface area contributed by atoms with Crippen LogP contribution in [0, 0.1) is 6.92 Å². The Morgan fingerprint density at radius 1 is 1.08 bits per heavy atom. The van der Waals surface area contributed by atoms with Crippen LogP contribution in [0.25, 0.3) is 0 Å².